The Morgan fingerprint density at radius 1 is 0.875 bits per heavy atom. The minimum absolute atomic E-state index is 0.00204. The van der Waals surface area contributed by atoms with Crippen LogP contribution < -0.4 is 5.32 Å². The molecular weight excluding hydrogens is 402 g/mol. The average Bonchev–Trinajstić information content (AvgIpc) is 2.82. The number of nitrogens with zero attached hydrogens (tertiary/aromatic N) is 2. The molecule has 0 radical (unpaired) electrons. The molecule has 2 heterocycles. The Balaban J connectivity index is 1.41. The summed E-state index contributed by atoms with van der Waals surface area (Å²) in [5, 5.41) is 3.11. The van der Waals surface area contributed by atoms with Gasteiger partial charge in [0.15, 0.2) is 0 Å². The van der Waals surface area contributed by atoms with Crippen LogP contribution in [0.5, 0.6) is 0 Å². The highest BCUT2D eigenvalue weighted by Gasteiger charge is 2.33. The lowest BCUT2D eigenvalue weighted by Gasteiger charge is -2.37. The second-order valence-corrected chi connectivity index (χ2v) is 9.48. The van der Waals surface area contributed by atoms with Gasteiger partial charge in [-0.25, -0.2) is 0 Å². The van der Waals surface area contributed by atoms with Crippen molar-refractivity contribution >= 4 is 23.8 Å². The Kier molecular flexibility index (Phi) is 8.48. The molecule has 0 spiro atoms. The molecule has 3 amide bonds. The summed E-state index contributed by atoms with van der Waals surface area (Å²) in [5.41, 5.74) is 1.00. The third kappa shape index (κ3) is 6.44. The smallest absolute Gasteiger partial charge is 0.246 e. The Morgan fingerprint density at radius 3 is 2.03 bits per heavy atom. The minimum atomic E-state index is -0.0245. The molecule has 0 unspecified atom stereocenters. The van der Waals surface area contributed by atoms with E-state index in [2.05, 4.69) is 19.2 Å². The fourth-order valence-electron chi connectivity index (χ4n) is 4.31. The number of benzene rings is 1. The number of likely N-dealkylation sites (tertiary alicyclic amines) is 2. The van der Waals surface area contributed by atoms with E-state index >= 15 is 0 Å². The first-order chi connectivity index (χ1) is 15.3. The molecule has 174 valence electrons. The van der Waals surface area contributed by atoms with Gasteiger partial charge in [-0.2, -0.15) is 0 Å². The van der Waals surface area contributed by atoms with Crippen LogP contribution in [0.2, 0.25) is 0 Å². The maximum atomic E-state index is 13.0. The van der Waals surface area contributed by atoms with Crippen molar-refractivity contribution in [3.63, 3.8) is 0 Å². The molecule has 32 heavy (non-hydrogen) atoms. The number of carbonyl (C=O) groups excluding carboxylic acids is 3. The number of amides is 3. The van der Waals surface area contributed by atoms with Crippen LogP contribution in [0.1, 0.15) is 52.0 Å². The van der Waals surface area contributed by atoms with E-state index in [1.54, 1.807) is 6.08 Å². The maximum absolute atomic E-state index is 13.0. The van der Waals surface area contributed by atoms with E-state index in [1.165, 1.54) is 0 Å². The van der Waals surface area contributed by atoms with Gasteiger partial charge in [0.05, 0.1) is 0 Å². The van der Waals surface area contributed by atoms with Gasteiger partial charge >= 0.3 is 0 Å². The largest absolute Gasteiger partial charge is 0.353 e. The summed E-state index contributed by atoms with van der Waals surface area (Å²) in [5.74, 6) is 0.689. The monoisotopic (exact) mass is 439 g/mol. The van der Waals surface area contributed by atoms with E-state index in [1.807, 2.05) is 53.1 Å². The second-order valence-electron chi connectivity index (χ2n) is 9.48. The highest BCUT2D eigenvalue weighted by atomic mass is 16.2. The van der Waals surface area contributed by atoms with Crippen molar-refractivity contribution in [1.82, 2.24) is 15.1 Å². The highest BCUT2D eigenvalue weighted by Crippen LogP contribution is 2.24. The zero-order valence-electron chi connectivity index (χ0n) is 19.6. The minimum Gasteiger partial charge on any atom is -0.353 e. The topological polar surface area (TPSA) is 69.7 Å². The van der Waals surface area contributed by atoms with Gasteiger partial charge in [0.2, 0.25) is 17.7 Å². The van der Waals surface area contributed by atoms with Gasteiger partial charge in [-0.05, 0) is 50.2 Å². The van der Waals surface area contributed by atoms with Gasteiger partial charge < -0.3 is 15.1 Å². The summed E-state index contributed by atoms with van der Waals surface area (Å²) in [4.78, 5) is 41.7. The van der Waals surface area contributed by atoms with Crippen molar-refractivity contribution in [2.24, 2.45) is 17.8 Å². The quantitative estimate of drug-likeness (QED) is 0.691. The van der Waals surface area contributed by atoms with Gasteiger partial charge in [0.25, 0.3) is 0 Å². The average molecular weight is 440 g/mol. The summed E-state index contributed by atoms with van der Waals surface area (Å²) >= 11 is 0. The summed E-state index contributed by atoms with van der Waals surface area (Å²) in [7, 11) is 0. The Bertz CT molecular complexity index is 805. The van der Waals surface area contributed by atoms with Gasteiger partial charge in [-0.1, -0.05) is 44.2 Å². The van der Waals surface area contributed by atoms with Gasteiger partial charge in [-0.3, -0.25) is 14.4 Å². The van der Waals surface area contributed by atoms with Crippen LogP contribution in [0, 0.1) is 17.8 Å². The molecule has 2 aliphatic rings. The fourth-order valence-corrected chi connectivity index (χ4v) is 4.31. The summed E-state index contributed by atoms with van der Waals surface area (Å²) < 4.78 is 0. The third-order valence-corrected chi connectivity index (χ3v) is 6.92. The third-order valence-electron chi connectivity index (χ3n) is 6.92. The Hall–Kier alpha value is -2.63. The van der Waals surface area contributed by atoms with E-state index in [-0.39, 0.29) is 35.6 Å². The molecule has 1 aromatic carbocycles. The van der Waals surface area contributed by atoms with Crippen LogP contribution in [0.3, 0.4) is 0 Å². The van der Waals surface area contributed by atoms with E-state index in [4.69, 9.17) is 0 Å². The van der Waals surface area contributed by atoms with Gasteiger partial charge in [0, 0.05) is 50.1 Å². The van der Waals surface area contributed by atoms with Crippen LogP contribution in [-0.2, 0) is 14.4 Å². The molecular formula is C26H37N3O3. The lowest BCUT2D eigenvalue weighted by atomic mass is 9.91. The molecule has 2 aliphatic heterocycles. The van der Waals surface area contributed by atoms with Crippen LogP contribution in [-0.4, -0.2) is 59.7 Å². The number of rotatable bonds is 6. The summed E-state index contributed by atoms with van der Waals surface area (Å²) in [6, 6.07) is 9.94. The number of nitrogens with one attached hydrogen (secondary N) is 1. The molecule has 3 rings (SSSR count). The molecule has 0 aliphatic carbocycles. The van der Waals surface area contributed by atoms with Crippen molar-refractivity contribution in [3.8, 4) is 0 Å². The number of hydrogen-bond acceptors (Lipinski definition) is 3. The predicted molar refractivity (Wildman–Crippen MR) is 127 cm³/mol. The highest BCUT2D eigenvalue weighted by molar-refractivity contribution is 5.92. The number of hydrogen-bond donors (Lipinski definition) is 1. The fraction of sp³-hybridized carbons (Fsp3) is 0.577. The first kappa shape index (κ1) is 24.0. The van der Waals surface area contributed by atoms with E-state index in [0.717, 1.165) is 18.4 Å². The molecule has 1 N–H and O–H groups in total. The van der Waals surface area contributed by atoms with Gasteiger partial charge in [-0.15, -0.1) is 0 Å². The number of carbonyl (C=O) groups is 3. The summed E-state index contributed by atoms with van der Waals surface area (Å²) in [6.45, 7) is 8.75. The first-order valence-corrected chi connectivity index (χ1v) is 12.0. The van der Waals surface area contributed by atoms with Crippen molar-refractivity contribution < 1.29 is 14.4 Å². The zero-order chi connectivity index (χ0) is 23.1. The van der Waals surface area contributed by atoms with E-state index in [9.17, 15) is 14.4 Å². The molecule has 1 atom stereocenters. The SMILES string of the molecule is CC(C)[C@@H](C)NC(=O)C1CCN(C(=O)C2CCN(C(=O)/C=C/c3ccccc3)CC2)CC1. The van der Waals surface area contributed by atoms with E-state index < -0.39 is 0 Å². The van der Waals surface area contributed by atoms with Gasteiger partial charge in [0.1, 0.15) is 0 Å². The molecule has 6 heteroatoms. The second kappa shape index (κ2) is 11.3. The van der Waals surface area contributed by atoms with Crippen LogP contribution >= 0.6 is 0 Å². The Labute approximate surface area is 192 Å². The van der Waals surface area contributed by atoms with E-state index in [0.29, 0.717) is 44.9 Å². The molecule has 2 saturated heterocycles. The van der Waals surface area contributed by atoms with Crippen LogP contribution in [0.15, 0.2) is 36.4 Å². The zero-order valence-corrected chi connectivity index (χ0v) is 19.6. The maximum Gasteiger partial charge on any atom is 0.246 e. The van der Waals surface area contributed by atoms with Crippen molar-refractivity contribution in [3.05, 3.63) is 42.0 Å². The van der Waals surface area contributed by atoms with Crippen molar-refractivity contribution in [1.29, 1.82) is 0 Å². The Morgan fingerprint density at radius 2 is 1.44 bits per heavy atom. The standard InChI is InChI=1S/C26H37N3O3/c1-19(2)20(3)27-25(31)22-11-17-29(18-12-22)26(32)23-13-15-28(16-14-23)24(30)10-9-21-7-5-4-6-8-21/h4-10,19-20,22-23H,11-18H2,1-3H3,(H,27,31)/b10-9+/t20-/m1/s1. The molecule has 1 aromatic rings. The molecule has 0 saturated carbocycles. The number of piperidine rings is 2. The first-order valence-electron chi connectivity index (χ1n) is 12.0. The predicted octanol–water partition coefficient (Wildman–Crippen LogP) is 3.34. The van der Waals surface area contributed by atoms with Crippen molar-refractivity contribution in [2.75, 3.05) is 26.2 Å². The molecule has 2 fully saturated rings. The molecule has 0 aromatic heterocycles. The molecule has 0 bridgehead atoms. The lowest BCUT2D eigenvalue weighted by Crippen LogP contribution is -2.48. The molecule has 6 nitrogen and oxygen atoms in total. The van der Waals surface area contributed by atoms with Crippen LogP contribution in [0.4, 0.5) is 0 Å². The van der Waals surface area contributed by atoms with Crippen LogP contribution in [0.25, 0.3) is 6.08 Å². The van der Waals surface area contributed by atoms with Crippen molar-refractivity contribution in [2.45, 2.75) is 52.5 Å². The summed E-state index contributed by atoms with van der Waals surface area (Å²) in [6.07, 6.45) is 6.31. The lowest BCUT2D eigenvalue weighted by molar-refractivity contribution is -0.142. The normalized spacial score (nSPS) is 19.4.